The van der Waals surface area contributed by atoms with Crippen molar-refractivity contribution in [2.45, 2.75) is 117 Å². The van der Waals surface area contributed by atoms with Gasteiger partial charge < -0.3 is 10.2 Å². The van der Waals surface area contributed by atoms with Crippen LogP contribution in [-0.4, -0.2) is 22.2 Å². The van der Waals surface area contributed by atoms with Gasteiger partial charge in [-0.1, -0.05) is 116 Å². The van der Waals surface area contributed by atoms with Crippen molar-refractivity contribution in [3.63, 3.8) is 0 Å². The van der Waals surface area contributed by atoms with Crippen LogP contribution in [0.4, 0.5) is 0 Å². The zero-order chi connectivity index (χ0) is 22.8. The molecule has 0 aromatic carbocycles. The highest BCUT2D eigenvalue weighted by Crippen LogP contribution is 2.35. The van der Waals surface area contributed by atoms with Gasteiger partial charge in [-0.15, -0.1) is 0 Å². The SMILES string of the molecule is C1CCCCC(C2CCCCCCCC2)CCC1.C=C(C)C(=O)O.C=C(C)C(=O)O. The fourth-order valence-electron chi connectivity index (χ4n) is 4.27. The van der Waals surface area contributed by atoms with Crippen LogP contribution >= 0.6 is 0 Å². The number of hydrogen-bond acceptors (Lipinski definition) is 2. The predicted molar refractivity (Wildman–Crippen MR) is 126 cm³/mol. The highest BCUT2D eigenvalue weighted by molar-refractivity contribution is 5.85. The quantitative estimate of drug-likeness (QED) is 0.455. The molecular formula is C26H46O4. The van der Waals surface area contributed by atoms with Gasteiger partial charge in [0.05, 0.1) is 0 Å². The third kappa shape index (κ3) is 16.2. The van der Waals surface area contributed by atoms with Crippen LogP contribution in [0.2, 0.25) is 0 Å². The van der Waals surface area contributed by atoms with E-state index in [0.29, 0.717) is 0 Å². The lowest BCUT2D eigenvalue weighted by Gasteiger charge is -2.27. The summed E-state index contributed by atoms with van der Waals surface area (Å²) in [5.41, 5.74) is 0.352. The lowest BCUT2D eigenvalue weighted by atomic mass is 9.79. The van der Waals surface area contributed by atoms with E-state index in [4.69, 9.17) is 10.2 Å². The molecule has 0 aromatic rings. The number of hydrogen-bond donors (Lipinski definition) is 2. The molecule has 0 amide bonds. The zero-order valence-electron chi connectivity index (χ0n) is 19.6. The monoisotopic (exact) mass is 422 g/mol. The molecule has 2 rings (SSSR count). The van der Waals surface area contributed by atoms with E-state index in [2.05, 4.69) is 13.2 Å². The first-order valence-corrected chi connectivity index (χ1v) is 12.0. The molecule has 0 heterocycles. The van der Waals surface area contributed by atoms with E-state index in [9.17, 15) is 9.59 Å². The first-order valence-electron chi connectivity index (χ1n) is 12.0. The summed E-state index contributed by atoms with van der Waals surface area (Å²) < 4.78 is 0. The highest BCUT2D eigenvalue weighted by Gasteiger charge is 2.21. The van der Waals surface area contributed by atoms with Crippen molar-refractivity contribution in [2.24, 2.45) is 11.8 Å². The third-order valence-electron chi connectivity index (χ3n) is 6.20. The lowest BCUT2D eigenvalue weighted by Crippen LogP contribution is -2.15. The minimum Gasteiger partial charge on any atom is -0.478 e. The van der Waals surface area contributed by atoms with Crippen LogP contribution in [-0.2, 0) is 9.59 Å². The summed E-state index contributed by atoms with van der Waals surface area (Å²) in [5, 5.41) is 15.8. The number of carbonyl (C=O) groups is 2. The number of carboxylic acid groups (broad SMARTS) is 2. The first kappa shape index (κ1) is 28.4. The molecule has 0 unspecified atom stereocenters. The molecule has 0 aromatic heterocycles. The molecule has 0 bridgehead atoms. The fourth-order valence-corrected chi connectivity index (χ4v) is 4.27. The number of aliphatic carboxylic acids is 2. The van der Waals surface area contributed by atoms with Crippen LogP contribution in [0.3, 0.4) is 0 Å². The molecular weight excluding hydrogens is 376 g/mol. The van der Waals surface area contributed by atoms with Gasteiger partial charge in [-0.25, -0.2) is 9.59 Å². The van der Waals surface area contributed by atoms with E-state index in [0.717, 1.165) is 11.8 Å². The Labute approximate surface area is 184 Å². The van der Waals surface area contributed by atoms with Crippen molar-refractivity contribution in [2.75, 3.05) is 0 Å². The van der Waals surface area contributed by atoms with Gasteiger partial charge in [0.1, 0.15) is 0 Å². The van der Waals surface area contributed by atoms with E-state index in [1.54, 1.807) is 25.7 Å². The molecule has 4 heteroatoms. The molecule has 0 aliphatic heterocycles. The average molecular weight is 423 g/mol. The molecule has 174 valence electrons. The van der Waals surface area contributed by atoms with E-state index < -0.39 is 11.9 Å². The second kappa shape index (κ2) is 18.2. The maximum atomic E-state index is 9.60. The summed E-state index contributed by atoms with van der Waals surface area (Å²) in [6.45, 7) is 9.20. The van der Waals surface area contributed by atoms with Crippen LogP contribution in [0.1, 0.15) is 117 Å². The summed E-state index contributed by atoms with van der Waals surface area (Å²) in [5.74, 6) is 0.326. The van der Waals surface area contributed by atoms with Crippen molar-refractivity contribution in [3.8, 4) is 0 Å². The van der Waals surface area contributed by atoms with Gasteiger partial charge in [-0.05, 0) is 25.7 Å². The van der Waals surface area contributed by atoms with Crippen LogP contribution in [0.15, 0.2) is 24.3 Å². The first-order chi connectivity index (χ1) is 14.3. The van der Waals surface area contributed by atoms with E-state index >= 15 is 0 Å². The molecule has 0 saturated heterocycles. The Morgan fingerprint density at radius 1 is 0.533 bits per heavy atom. The third-order valence-corrected chi connectivity index (χ3v) is 6.20. The summed E-state index contributed by atoms with van der Waals surface area (Å²) in [4.78, 5) is 19.2. The van der Waals surface area contributed by atoms with Crippen molar-refractivity contribution in [1.29, 1.82) is 0 Å². The Bertz CT molecular complexity index is 419. The Morgan fingerprint density at radius 2 is 0.700 bits per heavy atom. The lowest BCUT2D eigenvalue weighted by molar-refractivity contribution is -0.133. The molecule has 0 atom stereocenters. The van der Waals surface area contributed by atoms with E-state index in [1.165, 1.54) is 90.9 Å². The van der Waals surface area contributed by atoms with E-state index in [1.807, 2.05) is 0 Å². The summed E-state index contributed by atoms with van der Waals surface area (Å²) in [6, 6.07) is 0. The average Bonchev–Trinajstić information content (AvgIpc) is 2.92. The number of rotatable bonds is 3. The minimum absolute atomic E-state index is 0.176. The van der Waals surface area contributed by atoms with Crippen LogP contribution in [0.5, 0.6) is 0 Å². The Hall–Kier alpha value is -1.58. The van der Waals surface area contributed by atoms with Gasteiger partial charge >= 0.3 is 11.9 Å². The molecule has 2 aliphatic rings. The maximum absolute atomic E-state index is 9.60. The molecule has 2 saturated carbocycles. The smallest absolute Gasteiger partial charge is 0.330 e. The summed E-state index contributed by atoms with van der Waals surface area (Å²) >= 11 is 0. The van der Waals surface area contributed by atoms with Crippen molar-refractivity contribution >= 4 is 11.9 Å². The summed E-state index contributed by atoms with van der Waals surface area (Å²) in [7, 11) is 0. The minimum atomic E-state index is -0.935. The van der Waals surface area contributed by atoms with Crippen LogP contribution in [0.25, 0.3) is 0 Å². The van der Waals surface area contributed by atoms with Gasteiger partial charge in [0.2, 0.25) is 0 Å². The Kier molecular flexibility index (Phi) is 17.3. The molecule has 2 N–H and O–H groups in total. The van der Waals surface area contributed by atoms with Crippen LogP contribution in [0, 0.1) is 11.8 Å². The molecule has 0 radical (unpaired) electrons. The molecule has 30 heavy (non-hydrogen) atoms. The van der Waals surface area contributed by atoms with E-state index in [-0.39, 0.29) is 11.1 Å². The molecule has 2 aliphatic carbocycles. The van der Waals surface area contributed by atoms with Gasteiger partial charge in [0, 0.05) is 11.1 Å². The topological polar surface area (TPSA) is 74.6 Å². The second-order valence-electron chi connectivity index (χ2n) is 9.09. The molecule has 2 fully saturated rings. The van der Waals surface area contributed by atoms with Gasteiger partial charge in [-0.2, -0.15) is 0 Å². The number of carboxylic acids is 2. The van der Waals surface area contributed by atoms with Crippen molar-refractivity contribution < 1.29 is 19.8 Å². The highest BCUT2D eigenvalue weighted by atomic mass is 16.4. The second-order valence-corrected chi connectivity index (χ2v) is 9.09. The fraction of sp³-hybridized carbons (Fsp3) is 0.769. The largest absolute Gasteiger partial charge is 0.478 e. The maximum Gasteiger partial charge on any atom is 0.330 e. The van der Waals surface area contributed by atoms with Gasteiger partial charge in [0.25, 0.3) is 0 Å². The standard InChI is InChI=1S/C18H34.2C4H6O2/c1-2-6-10-14-17(13-9-5-1)18-15-11-7-3-4-8-12-16-18;2*1-3(2)4(5)6/h17-18H,1-16H2;2*1H2,2H3,(H,5,6). The van der Waals surface area contributed by atoms with Crippen molar-refractivity contribution in [3.05, 3.63) is 24.3 Å². The van der Waals surface area contributed by atoms with Crippen LogP contribution < -0.4 is 0 Å². The molecule has 4 nitrogen and oxygen atoms in total. The Morgan fingerprint density at radius 3 is 0.867 bits per heavy atom. The molecule has 0 spiro atoms. The normalized spacial score (nSPS) is 19.4. The zero-order valence-corrected chi connectivity index (χ0v) is 19.6. The predicted octanol–water partition coefficient (Wildman–Crippen LogP) is 7.78. The van der Waals surface area contributed by atoms with Gasteiger partial charge in [0.15, 0.2) is 0 Å². The Balaban J connectivity index is 0.000000580. The van der Waals surface area contributed by atoms with Crippen molar-refractivity contribution in [1.82, 2.24) is 0 Å². The summed E-state index contributed by atoms with van der Waals surface area (Å²) in [6.07, 6.45) is 24.5. The van der Waals surface area contributed by atoms with Gasteiger partial charge in [-0.3, -0.25) is 0 Å².